The van der Waals surface area contributed by atoms with Crippen molar-refractivity contribution in [2.75, 3.05) is 13.1 Å². The van der Waals surface area contributed by atoms with Gasteiger partial charge < -0.3 is 5.73 Å². The summed E-state index contributed by atoms with van der Waals surface area (Å²) in [7, 11) is -3.29. The first kappa shape index (κ1) is 17.9. The number of rotatable bonds is 4. The minimum absolute atomic E-state index is 0. The van der Waals surface area contributed by atoms with Crippen LogP contribution >= 0.6 is 23.7 Å². The Bertz CT molecular complexity index is 520. The molecular weight excluding hydrogens is 316 g/mol. The van der Waals surface area contributed by atoms with Crippen LogP contribution in [0.2, 0.25) is 0 Å². The van der Waals surface area contributed by atoms with Gasteiger partial charge >= 0.3 is 0 Å². The lowest BCUT2D eigenvalue weighted by molar-refractivity contribution is 0.251. The van der Waals surface area contributed by atoms with E-state index in [1.165, 1.54) is 11.3 Å². The first-order chi connectivity index (χ1) is 8.95. The number of nitrogens with zero attached hydrogens (tertiary/aromatic N) is 1. The van der Waals surface area contributed by atoms with Crippen molar-refractivity contribution >= 4 is 33.8 Å². The number of halogens is 1. The predicted molar refractivity (Wildman–Crippen MR) is 86.1 cm³/mol. The van der Waals surface area contributed by atoms with Crippen LogP contribution in [0.1, 0.15) is 31.6 Å². The molecule has 1 aliphatic heterocycles. The summed E-state index contributed by atoms with van der Waals surface area (Å²) >= 11 is 1.39. The van der Waals surface area contributed by atoms with Gasteiger partial charge in [0.25, 0.3) is 10.0 Å². The van der Waals surface area contributed by atoms with Crippen molar-refractivity contribution in [1.82, 2.24) is 4.31 Å². The molecule has 0 aromatic carbocycles. The first-order valence-electron chi connectivity index (χ1n) is 6.79. The van der Waals surface area contributed by atoms with E-state index in [9.17, 15) is 8.42 Å². The van der Waals surface area contributed by atoms with E-state index in [2.05, 4.69) is 0 Å². The smallest absolute Gasteiger partial charge is 0.252 e. The Morgan fingerprint density at radius 3 is 2.45 bits per heavy atom. The summed E-state index contributed by atoms with van der Waals surface area (Å²) in [6.07, 6.45) is 2.61. The number of nitrogens with two attached hydrogens (primary N) is 1. The molecule has 2 rings (SSSR count). The van der Waals surface area contributed by atoms with Gasteiger partial charge in [-0.05, 0) is 44.2 Å². The van der Waals surface area contributed by atoms with Crippen LogP contribution in [0.25, 0.3) is 0 Å². The first-order valence-corrected chi connectivity index (χ1v) is 9.05. The molecule has 0 radical (unpaired) electrons. The summed E-state index contributed by atoms with van der Waals surface area (Å²) in [5, 5.41) is 0. The molecule has 1 aromatic heterocycles. The van der Waals surface area contributed by atoms with Gasteiger partial charge in [0.2, 0.25) is 0 Å². The highest BCUT2D eigenvalue weighted by Crippen LogP contribution is 2.29. The van der Waals surface area contributed by atoms with E-state index < -0.39 is 10.0 Å². The number of hydrogen-bond acceptors (Lipinski definition) is 4. The van der Waals surface area contributed by atoms with Gasteiger partial charge in [0, 0.05) is 24.0 Å². The summed E-state index contributed by atoms with van der Waals surface area (Å²) in [6, 6.07) is 3.79. The van der Waals surface area contributed by atoms with Crippen LogP contribution in [-0.2, 0) is 16.4 Å². The number of thiophene rings is 1. The maximum atomic E-state index is 12.5. The largest absolute Gasteiger partial charge is 0.328 e. The van der Waals surface area contributed by atoms with Crippen LogP contribution in [0.4, 0.5) is 0 Å². The van der Waals surface area contributed by atoms with E-state index in [1.807, 2.05) is 19.9 Å². The van der Waals surface area contributed by atoms with E-state index in [4.69, 9.17) is 5.73 Å². The molecule has 4 nitrogen and oxygen atoms in total. The second-order valence-corrected chi connectivity index (χ2v) is 8.51. The number of hydrogen-bond donors (Lipinski definition) is 1. The Labute approximate surface area is 131 Å². The van der Waals surface area contributed by atoms with E-state index in [1.54, 1.807) is 10.4 Å². The number of piperidine rings is 1. The fourth-order valence-corrected chi connectivity index (χ4v) is 5.38. The average molecular weight is 339 g/mol. The van der Waals surface area contributed by atoms with Crippen LogP contribution in [0, 0.1) is 5.92 Å². The standard InChI is InChI=1S/C13H22N2O2S2.ClH/c1-3-12-4-5-13(18-12)19(16,17)15-8-6-11(7-9-15)10(2)14;/h4-5,10-11H,3,6-9,14H2,1-2H3;1H. The lowest BCUT2D eigenvalue weighted by atomic mass is 9.92. The van der Waals surface area contributed by atoms with Gasteiger partial charge in [-0.25, -0.2) is 8.42 Å². The minimum atomic E-state index is -3.29. The van der Waals surface area contributed by atoms with Gasteiger partial charge in [0.15, 0.2) is 0 Å². The van der Waals surface area contributed by atoms with E-state index >= 15 is 0 Å². The Kier molecular flexibility index (Phi) is 6.47. The third-order valence-corrected chi connectivity index (χ3v) is 7.42. The summed E-state index contributed by atoms with van der Waals surface area (Å²) in [6.45, 7) is 5.22. The molecule has 1 atom stereocenters. The number of sulfonamides is 1. The molecule has 1 saturated heterocycles. The van der Waals surface area contributed by atoms with E-state index in [-0.39, 0.29) is 18.4 Å². The molecular formula is C13H23ClN2O2S2. The maximum Gasteiger partial charge on any atom is 0.252 e. The molecule has 0 spiro atoms. The van der Waals surface area contributed by atoms with Crippen molar-refractivity contribution in [3.63, 3.8) is 0 Å². The maximum absolute atomic E-state index is 12.5. The second kappa shape index (κ2) is 7.22. The topological polar surface area (TPSA) is 63.4 Å². The van der Waals surface area contributed by atoms with Crippen molar-refractivity contribution in [3.8, 4) is 0 Å². The van der Waals surface area contributed by atoms with Gasteiger partial charge in [-0.2, -0.15) is 4.31 Å². The molecule has 0 amide bonds. The van der Waals surface area contributed by atoms with Crippen LogP contribution in [0.3, 0.4) is 0 Å². The minimum Gasteiger partial charge on any atom is -0.328 e. The predicted octanol–water partition coefficient (Wildman–Crippen LogP) is 2.48. The Morgan fingerprint density at radius 2 is 2.00 bits per heavy atom. The van der Waals surface area contributed by atoms with Crippen molar-refractivity contribution in [2.45, 2.75) is 43.4 Å². The molecule has 1 fully saturated rings. The van der Waals surface area contributed by atoms with Crippen molar-refractivity contribution < 1.29 is 8.42 Å². The Hall–Kier alpha value is -0.140. The molecule has 116 valence electrons. The van der Waals surface area contributed by atoms with Gasteiger partial charge in [-0.3, -0.25) is 0 Å². The highest BCUT2D eigenvalue weighted by molar-refractivity contribution is 7.91. The zero-order chi connectivity index (χ0) is 14.0. The summed E-state index contributed by atoms with van der Waals surface area (Å²) in [4.78, 5) is 1.11. The molecule has 1 aliphatic rings. The average Bonchev–Trinajstić information content (AvgIpc) is 2.88. The van der Waals surface area contributed by atoms with E-state index in [0.29, 0.717) is 23.2 Å². The summed E-state index contributed by atoms with van der Waals surface area (Å²) in [5.74, 6) is 0.445. The molecule has 1 unspecified atom stereocenters. The second-order valence-electron chi connectivity index (χ2n) is 5.17. The van der Waals surface area contributed by atoms with Gasteiger partial charge in [-0.1, -0.05) is 6.92 Å². The van der Waals surface area contributed by atoms with Crippen LogP contribution in [0.15, 0.2) is 16.3 Å². The molecule has 0 bridgehead atoms. The van der Waals surface area contributed by atoms with Crippen molar-refractivity contribution in [1.29, 1.82) is 0 Å². The fraction of sp³-hybridized carbons (Fsp3) is 0.692. The SMILES string of the molecule is CCc1ccc(S(=O)(=O)N2CCC(C(C)N)CC2)s1.Cl. The molecule has 0 aliphatic carbocycles. The quantitative estimate of drug-likeness (QED) is 0.917. The van der Waals surface area contributed by atoms with Crippen LogP contribution < -0.4 is 5.73 Å². The zero-order valence-electron chi connectivity index (χ0n) is 11.9. The lowest BCUT2D eigenvalue weighted by Gasteiger charge is -2.32. The fourth-order valence-electron chi connectivity index (χ4n) is 2.46. The van der Waals surface area contributed by atoms with Crippen LogP contribution in [0.5, 0.6) is 0 Å². The van der Waals surface area contributed by atoms with Crippen molar-refractivity contribution in [3.05, 3.63) is 17.0 Å². The summed E-state index contributed by atoms with van der Waals surface area (Å²) < 4.78 is 27.1. The molecule has 20 heavy (non-hydrogen) atoms. The lowest BCUT2D eigenvalue weighted by Crippen LogP contribution is -2.42. The molecule has 2 heterocycles. The van der Waals surface area contributed by atoms with Crippen molar-refractivity contribution in [2.24, 2.45) is 11.7 Å². The number of aryl methyl sites for hydroxylation is 1. The molecule has 7 heteroatoms. The normalized spacial score (nSPS) is 19.6. The van der Waals surface area contributed by atoms with Gasteiger partial charge in [0.1, 0.15) is 4.21 Å². The monoisotopic (exact) mass is 338 g/mol. The Morgan fingerprint density at radius 1 is 1.40 bits per heavy atom. The highest BCUT2D eigenvalue weighted by atomic mass is 35.5. The Balaban J connectivity index is 0.00000200. The third-order valence-electron chi connectivity index (χ3n) is 3.82. The van der Waals surface area contributed by atoms with Gasteiger partial charge in [0.05, 0.1) is 0 Å². The van der Waals surface area contributed by atoms with Gasteiger partial charge in [-0.15, -0.1) is 23.7 Å². The third kappa shape index (κ3) is 3.74. The molecule has 2 N–H and O–H groups in total. The van der Waals surface area contributed by atoms with Crippen LogP contribution in [-0.4, -0.2) is 31.9 Å². The summed E-state index contributed by atoms with van der Waals surface area (Å²) in [5.41, 5.74) is 5.89. The molecule has 1 aromatic rings. The van der Waals surface area contributed by atoms with E-state index in [0.717, 1.165) is 24.1 Å². The highest BCUT2D eigenvalue weighted by Gasteiger charge is 2.31. The zero-order valence-corrected chi connectivity index (χ0v) is 14.4. The molecule has 0 saturated carbocycles.